The summed E-state index contributed by atoms with van der Waals surface area (Å²) in [6.07, 6.45) is 6.99. The molecule has 0 aromatic heterocycles. The van der Waals surface area contributed by atoms with Gasteiger partial charge >= 0.3 is 5.69 Å². The fourth-order valence-corrected chi connectivity index (χ4v) is 5.51. The summed E-state index contributed by atoms with van der Waals surface area (Å²) in [5.74, 6) is 0.179. The van der Waals surface area contributed by atoms with Gasteiger partial charge in [0.15, 0.2) is 11.5 Å². The van der Waals surface area contributed by atoms with Crippen molar-refractivity contribution in [3.05, 3.63) is 67.1 Å². The van der Waals surface area contributed by atoms with Crippen molar-refractivity contribution in [2.75, 3.05) is 7.11 Å². The first-order valence-corrected chi connectivity index (χ1v) is 12.1. The highest BCUT2D eigenvalue weighted by atomic mass is 32.2. The van der Waals surface area contributed by atoms with E-state index in [9.17, 15) is 25.0 Å². The van der Waals surface area contributed by atoms with Gasteiger partial charge in [0.05, 0.1) is 27.9 Å². The molecule has 0 atom stereocenters. The van der Waals surface area contributed by atoms with E-state index in [1.54, 1.807) is 29.2 Å². The minimum atomic E-state index is -0.752. The van der Waals surface area contributed by atoms with Crippen LogP contribution in [0, 0.1) is 20.2 Å². The fourth-order valence-electron chi connectivity index (χ4n) is 4.11. The van der Waals surface area contributed by atoms with E-state index in [2.05, 4.69) is 0 Å². The summed E-state index contributed by atoms with van der Waals surface area (Å²) < 4.78 is 11.6. The third-order valence-corrected chi connectivity index (χ3v) is 7.15. The summed E-state index contributed by atoms with van der Waals surface area (Å²) >= 11 is 6.74. The lowest BCUT2D eigenvalue weighted by Gasteiger charge is -2.29. The number of nitrogens with zero attached hydrogens (tertiary/aromatic N) is 3. The molecule has 2 aliphatic rings. The van der Waals surface area contributed by atoms with Crippen LogP contribution in [0.15, 0.2) is 41.3 Å². The molecule has 12 heteroatoms. The molecule has 1 amide bonds. The molecule has 1 heterocycles. The number of rotatable bonds is 7. The lowest BCUT2D eigenvalue weighted by Crippen LogP contribution is -2.39. The topological polar surface area (TPSA) is 125 Å². The number of hydrogen-bond donors (Lipinski definition) is 0. The molecule has 1 saturated carbocycles. The minimum Gasteiger partial charge on any atom is -0.493 e. The number of thiocarbonyl (C=S) groups is 1. The molecule has 2 aromatic rings. The molecule has 2 fully saturated rings. The number of amides is 1. The van der Waals surface area contributed by atoms with Gasteiger partial charge < -0.3 is 9.47 Å². The molecule has 0 spiro atoms. The zero-order chi connectivity index (χ0) is 25.1. The van der Waals surface area contributed by atoms with Gasteiger partial charge in [-0.25, -0.2) is 0 Å². The maximum atomic E-state index is 13.0. The van der Waals surface area contributed by atoms with Gasteiger partial charge in [-0.1, -0.05) is 49.3 Å². The monoisotopic (exact) mass is 515 g/mol. The molecule has 0 bridgehead atoms. The number of carbonyl (C=O) groups excluding carboxylic acids is 1. The molecule has 1 aliphatic carbocycles. The first kappa shape index (κ1) is 24.6. The van der Waals surface area contributed by atoms with Crippen molar-refractivity contribution < 1.29 is 24.1 Å². The van der Waals surface area contributed by atoms with Crippen molar-refractivity contribution in [2.24, 2.45) is 0 Å². The second kappa shape index (κ2) is 10.4. The fraction of sp³-hybridized carbons (Fsp3) is 0.304. The average molecular weight is 516 g/mol. The molecular weight excluding hydrogens is 494 g/mol. The number of thioether (sulfide) groups is 1. The number of benzene rings is 2. The Morgan fingerprint density at radius 1 is 1.03 bits per heavy atom. The maximum absolute atomic E-state index is 13.0. The van der Waals surface area contributed by atoms with E-state index >= 15 is 0 Å². The summed E-state index contributed by atoms with van der Waals surface area (Å²) in [6, 6.07) is 8.15. The van der Waals surface area contributed by atoms with Crippen molar-refractivity contribution >= 4 is 51.7 Å². The molecule has 35 heavy (non-hydrogen) atoms. The standard InChI is InChI=1S/C23H21N3O7S2/c1-32-20-11-14(12-21-22(27)24(23(34)35-21)15-5-3-2-4-6-15)7-9-19(20)33-18-10-8-16(25(28)29)13-17(18)26(30)31/h7-13,15H,2-6H2,1H3/b21-12+. The Kier molecular flexibility index (Phi) is 7.31. The molecule has 0 unspecified atom stereocenters. The van der Waals surface area contributed by atoms with Crippen LogP contribution in [0.4, 0.5) is 11.4 Å². The maximum Gasteiger partial charge on any atom is 0.318 e. The van der Waals surface area contributed by atoms with Crippen LogP contribution in [0.5, 0.6) is 17.2 Å². The van der Waals surface area contributed by atoms with E-state index in [0.29, 0.717) is 14.8 Å². The molecule has 4 rings (SSSR count). The number of nitro benzene ring substituents is 2. The van der Waals surface area contributed by atoms with Gasteiger partial charge in [-0.3, -0.25) is 29.9 Å². The van der Waals surface area contributed by atoms with Crippen LogP contribution in [0.25, 0.3) is 6.08 Å². The summed E-state index contributed by atoms with van der Waals surface area (Å²) in [4.78, 5) is 36.2. The van der Waals surface area contributed by atoms with Crippen molar-refractivity contribution in [3.63, 3.8) is 0 Å². The largest absolute Gasteiger partial charge is 0.493 e. The number of ether oxygens (including phenoxy) is 2. The molecule has 0 radical (unpaired) electrons. The predicted molar refractivity (Wildman–Crippen MR) is 135 cm³/mol. The molecule has 0 N–H and O–H groups in total. The van der Waals surface area contributed by atoms with Gasteiger partial charge in [0.25, 0.3) is 11.6 Å². The summed E-state index contributed by atoms with van der Waals surface area (Å²) in [6.45, 7) is 0. The van der Waals surface area contributed by atoms with E-state index < -0.39 is 21.2 Å². The molecule has 2 aromatic carbocycles. The van der Waals surface area contributed by atoms with Crippen molar-refractivity contribution in [2.45, 2.75) is 38.1 Å². The first-order valence-electron chi connectivity index (χ1n) is 10.8. The van der Waals surface area contributed by atoms with Gasteiger partial charge in [0.2, 0.25) is 5.75 Å². The van der Waals surface area contributed by atoms with E-state index in [1.807, 2.05) is 0 Å². The van der Waals surface area contributed by atoms with Gasteiger partial charge in [0.1, 0.15) is 4.32 Å². The second-order valence-electron chi connectivity index (χ2n) is 8.02. The average Bonchev–Trinajstić information content (AvgIpc) is 3.12. The SMILES string of the molecule is COc1cc(/C=C2/SC(=S)N(C3CCCCC3)C2=O)ccc1Oc1ccc([N+](=O)[O-])cc1[N+](=O)[O-]. The van der Waals surface area contributed by atoms with Gasteiger partial charge in [-0.15, -0.1) is 0 Å². The highest BCUT2D eigenvalue weighted by Gasteiger charge is 2.37. The molecular formula is C23H21N3O7S2. The quantitative estimate of drug-likeness (QED) is 0.193. The Labute approximate surface area is 210 Å². The molecule has 182 valence electrons. The normalized spacial score (nSPS) is 17.6. The summed E-state index contributed by atoms with van der Waals surface area (Å²) in [5.41, 5.74) is -0.301. The Morgan fingerprint density at radius 3 is 2.40 bits per heavy atom. The predicted octanol–water partition coefficient (Wildman–Crippen LogP) is 5.84. The lowest BCUT2D eigenvalue weighted by molar-refractivity contribution is -0.394. The first-order chi connectivity index (χ1) is 16.8. The Bertz CT molecular complexity index is 1240. The second-order valence-corrected chi connectivity index (χ2v) is 9.70. The van der Waals surface area contributed by atoms with Crippen LogP contribution < -0.4 is 9.47 Å². The smallest absolute Gasteiger partial charge is 0.318 e. The van der Waals surface area contributed by atoms with Crippen molar-refractivity contribution in [3.8, 4) is 17.2 Å². The Hall–Kier alpha value is -3.51. The van der Waals surface area contributed by atoms with E-state index in [4.69, 9.17) is 21.7 Å². The highest BCUT2D eigenvalue weighted by Crippen LogP contribution is 2.40. The number of hydrogen-bond acceptors (Lipinski definition) is 9. The van der Waals surface area contributed by atoms with Crippen LogP contribution in [-0.2, 0) is 4.79 Å². The van der Waals surface area contributed by atoms with E-state index in [-0.39, 0.29) is 29.2 Å². The Morgan fingerprint density at radius 2 is 1.74 bits per heavy atom. The minimum absolute atomic E-state index is 0.104. The summed E-state index contributed by atoms with van der Waals surface area (Å²) in [5, 5.41) is 22.4. The molecule has 1 aliphatic heterocycles. The number of methoxy groups -OCH3 is 1. The van der Waals surface area contributed by atoms with Crippen LogP contribution in [0.2, 0.25) is 0 Å². The lowest BCUT2D eigenvalue weighted by atomic mass is 9.94. The molecule has 10 nitrogen and oxygen atoms in total. The van der Waals surface area contributed by atoms with E-state index in [1.165, 1.54) is 31.4 Å². The van der Waals surface area contributed by atoms with Crippen LogP contribution in [0.3, 0.4) is 0 Å². The third kappa shape index (κ3) is 5.28. The van der Waals surface area contributed by atoms with Crippen LogP contribution in [-0.4, -0.2) is 38.1 Å². The zero-order valence-corrected chi connectivity index (χ0v) is 20.3. The third-order valence-electron chi connectivity index (χ3n) is 5.82. The number of nitro groups is 2. The Balaban J connectivity index is 1.58. The summed E-state index contributed by atoms with van der Waals surface area (Å²) in [7, 11) is 1.42. The van der Waals surface area contributed by atoms with Gasteiger partial charge in [0, 0.05) is 12.1 Å². The highest BCUT2D eigenvalue weighted by molar-refractivity contribution is 8.26. The van der Waals surface area contributed by atoms with Gasteiger partial charge in [-0.2, -0.15) is 0 Å². The van der Waals surface area contributed by atoms with Crippen LogP contribution in [0.1, 0.15) is 37.7 Å². The van der Waals surface area contributed by atoms with Crippen molar-refractivity contribution in [1.29, 1.82) is 0 Å². The number of non-ortho nitro benzene ring substituents is 1. The van der Waals surface area contributed by atoms with Gasteiger partial charge in [-0.05, 0) is 42.7 Å². The zero-order valence-electron chi connectivity index (χ0n) is 18.7. The number of carbonyl (C=O) groups is 1. The van der Waals surface area contributed by atoms with Crippen LogP contribution >= 0.6 is 24.0 Å². The van der Waals surface area contributed by atoms with Crippen molar-refractivity contribution in [1.82, 2.24) is 4.90 Å². The molecule has 1 saturated heterocycles. The van der Waals surface area contributed by atoms with E-state index in [0.717, 1.165) is 37.8 Å².